The number of aliphatic hydroxyl groups is 1. The second-order valence-corrected chi connectivity index (χ2v) is 4.80. The molecule has 0 bridgehead atoms. The molecule has 17 heavy (non-hydrogen) atoms. The fourth-order valence-electron chi connectivity index (χ4n) is 2.16. The molecule has 3 heteroatoms. The minimum absolute atomic E-state index is 0.416. The fraction of sp³-hybridized carbons (Fsp3) is 0.571. The first-order chi connectivity index (χ1) is 8.22. The molecule has 0 spiro atoms. The Labute approximate surface area is 103 Å². The summed E-state index contributed by atoms with van der Waals surface area (Å²) < 4.78 is 5.61. The van der Waals surface area contributed by atoms with E-state index in [2.05, 4.69) is 4.90 Å². The van der Waals surface area contributed by atoms with E-state index in [9.17, 15) is 5.11 Å². The Kier molecular flexibility index (Phi) is 4.02. The number of nitrogens with zero attached hydrogens (tertiary/aromatic N) is 1. The van der Waals surface area contributed by atoms with Gasteiger partial charge in [0.25, 0.3) is 0 Å². The first-order valence-electron chi connectivity index (χ1n) is 6.34. The number of ether oxygens (including phenoxy) is 1. The molecule has 1 heterocycles. The van der Waals surface area contributed by atoms with Crippen molar-refractivity contribution in [1.82, 2.24) is 4.90 Å². The molecule has 1 aromatic rings. The van der Waals surface area contributed by atoms with Crippen LogP contribution >= 0.6 is 0 Å². The van der Waals surface area contributed by atoms with Crippen LogP contribution < -0.4 is 4.74 Å². The van der Waals surface area contributed by atoms with Crippen LogP contribution in [0.3, 0.4) is 0 Å². The van der Waals surface area contributed by atoms with E-state index < -0.39 is 5.60 Å². The van der Waals surface area contributed by atoms with Gasteiger partial charge in [-0.1, -0.05) is 25.1 Å². The van der Waals surface area contributed by atoms with Crippen LogP contribution in [0, 0.1) is 0 Å². The molecule has 0 unspecified atom stereocenters. The number of likely N-dealkylation sites (tertiary alicyclic amines) is 1. The van der Waals surface area contributed by atoms with Gasteiger partial charge in [-0.05, 0) is 25.0 Å². The van der Waals surface area contributed by atoms with E-state index in [-0.39, 0.29) is 0 Å². The van der Waals surface area contributed by atoms with Crippen molar-refractivity contribution in [1.29, 1.82) is 0 Å². The molecule has 0 saturated carbocycles. The Morgan fingerprint density at radius 3 is 2.65 bits per heavy atom. The van der Waals surface area contributed by atoms with Crippen molar-refractivity contribution in [2.75, 3.05) is 26.2 Å². The van der Waals surface area contributed by atoms with E-state index in [1.807, 2.05) is 37.3 Å². The Morgan fingerprint density at radius 1 is 1.29 bits per heavy atom. The van der Waals surface area contributed by atoms with E-state index in [0.717, 1.165) is 44.8 Å². The molecule has 1 aromatic carbocycles. The third kappa shape index (κ3) is 3.45. The van der Waals surface area contributed by atoms with E-state index in [1.54, 1.807) is 0 Å². The van der Waals surface area contributed by atoms with Gasteiger partial charge in [-0.15, -0.1) is 0 Å². The lowest BCUT2D eigenvalue weighted by Crippen LogP contribution is -2.61. The molecular weight excluding hydrogens is 214 g/mol. The van der Waals surface area contributed by atoms with Crippen LogP contribution in [0.1, 0.15) is 19.8 Å². The number of rotatable bonds is 6. The van der Waals surface area contributed by atoms with Crippen molar-refractivity contribution in [2.45, 2.75) is 25.4 Å². The highest BCUT2D eigenvalue weighted by molar-refractivity contribution is 5.20. The van der Waals surface area contributed by atoms with Gasteiger partial charge in [-0.25, -0.2) is 0 Å². The van der Waals surface area contributed by atoms with Crippen molar-refractivity contribution >= 4 is 0 Å². The molecule has 1 aliphatic heterocycles. The maximum atomic E-state index is 9.85. The minimum atomic E-state index is -0.416. The second kappa shape index (κ2) is 5.52. The molecule has 0 aliphatic carbocycles. The van der Waals surface area contributed by atoms with Gasteiger partial charge in [0.05, 0.1) is 12.2 Å². The predicted octanol–water partition coefficient (Wildman–Crippen LogP) is 1.91. The number of β-amino-alcohol motifs (C(OH)–C–C–N with tert-alkyl or cyclic N) is 1. The molecule has 1 aliphatic rings. The van der Waals surface area contributed by atoms with E-state index in [4.69, 9.17) is 4.74 Å². The molecule has 0 aromatic heterocycles. The molecule has 3 nitrogen and oxygen atoms in total. The summed E-state index contributed by atoms with van der Waals surface area (Å²) in [5.74, 6) is 0.932. The van der Waals surface area contributed by atoms with Crippen LogP contribution in [0.4, 0.5) is 0 Å². The molecule has 94 valence electrons. The van der Waals surface area contributed by atoms with Crippen molar-refractivity contribution < 1.29 is 9.84 Å². The first kappa shape index (κ1) is 12.4. The third-order valence-corrected chi connectivity index (χ3v) is 3.32. The minimum Gasteiger partial charge on any atom is -0.494 e. The topological polar surface area (TPSA) is 32.7 Å². The zero-order valence-corrected chi connectivity index (χ0v) is 10.4. The van der Waals surface area contributed by atoms with E-state index in [1.165, 1.54) is 0 Å². The summed E-state index contributed by atoms with van der Waals surface area (Å²) in [5, 5.41) is 9.85. The Morgan fingerprint density at radius 2 is 2.00 bits per heavy atom. The summed E-state index contributed by atoms with van der Waals surface area (Å²) in [4.78, 5) is 2.28. The maximum Gasteiger partial charge on any atom is 0.119 e. The molecule has 1 saturated heterocycles. The van der Waals surface area contributed by atoms with Crippen LogP contribution in [0.5, 0.6) is 5.75 Å². The van der Waals surface area contributed by atoms with Crippen molar-refractivity contribution in [2.24, 2.45) is 0 Å². The zero-order chi connectivity index (χ0) is 12.1. The zero-order valence-electron chi connectivity index (χ0n) is 10.4. The standard InChI is InChI=1S/C14H21NO2/c1-2-14(16)11-15(12-14)9-6-10-17-13-7-4-3-5-8-13/h3-5,7-8,16H,2,6,9-12H2,1H3. The normalized spacial score (nSPS) is 18.7. The first-order valence-corrected chi connectivity index (χ1v) is 6.34. The van der Waals surface area contributed by atoms with Gasteiger partial charge in [0, 0.05) is 19.6 Å². The smallest absolute Gasteiger partial charge is 0.119 e. The lowest BCUT2D eigenvalue weighted by molar-refractivity contribution is -0.1000. The summed E-state index contributed by atoms with van der Waals surface area (Å²) in [7, 11) is 0. The quantitative estimate of drug-likeness (QED) is 0.765. The Hall–Kier alpha value is -1.06. The molecule has 2 rings (SSSR count). The number of hydrogen-bond acceptors (Lipinski definition) is 3. The van der Waals surface area contributed by atoms with Crippen LogP contribution in [0.2, 0.25) is 0 Å². The third-order valence-electron chi connectivity index (χ3n) is 3.32. The molecule has 0 atom stereocenters. The highest BCUT2D eigenvalue weighted by atomic mass is 16.5. The fourth-order valence-corrected chi connectivity index (χ4v) is 2.16. The lowest BCUT2D eigenvalue weighted by Gasteiger charge is -2.46. The van der Waals surface area contributed by atoms with Gasteiger partial charge in [-0.2, -0.15) is 0 Å². The van der Waals surface area contributed by atoms with Crippen molar-refractivity contribution in [3.05, 3.63) is 30.3 Å². The summed E-state index contributed by atoms with van der Waals surface area (Å²) in [5.41, 5.74) is -0.416. The summed E-state index contributed by atoms with van der Waals surface area (Å²) in [6, 6.07) is 9.88. The van der Waals surface area contributed by atoms with Crippen LogP contribution in [0.15, 0.2) is 30.3 Å². The average molecular weight is 235 g/mol. The number of para-hydroxylation sites is 1. The van der Waals surface area contributed by atoms with Crippen molar-refractivity contribution in [3.8, 4) is 5.75 Å². The van der Waals surface area contributed by atoms with Gasteiger partial charge >= 0.3 is 0 Å². The van der Waals surface area contributed by atoms with Gasteiger partial charge in [0.2, 0.25) is 0 Å². The van der Waals surface area contributed by atoms with Gasteiger partial charge in [0.15, 0.2) is 0 Å². The van der Waals surface area contributed by atoms with Crippen LogP contribution in [0.25, 0.3) is 0 Å². The lowest BCUT2D eigenvalue weighted by atomic mass is 9.91. The molecule has 0 radical (unpaired) electrons. The monoisotopic (exact) mass is 235 g/mol. The number of hydrogen-bond donors (Lipinski definition) is 1. The van der Waals surface area contributed by atoms with Crippen molar-refractivity contribution in [3.63, 3.8) is 0 Å². The van der Waals surface area contributed by atoms with Gasteiger partial charge < -0.3 is 9.84 Å². The Bertz CT molecular complexity index is 333. The molecule has 0 amide bonds. The van der Waals surface area contributed by atoms with Gasteiger partial charge in [0.1, 0.15) is 5.75 Å². The predicted molar refractivity (Wildman–Crippen MR) is 68.2 cm³/mol. The molecule has 1 N–H and O–H groups in total. The van der Waals surface area contributed by atoms with Gasteiger partial charge in [-0.3, -0.25) is 4.90 Å². The van der Waals surface area contributed by atoms with E-state index in [0.29, 0.717) is 0 Å². The second-order valence-electron chi connectivity index (χ2n) is 4.80. The van der Waals surface area contributed by atoms with Crippen LogP contribution in [-0.4, -0.2) is 41.8 Å². The summed E-state index contributed by atoms with van der Waals surface area (Å²) in [6.45, 7) is 5.42. The highest BCUT2D eigenvalue weighted by Crippen LogP contribution is 2.23. The summed E-state index contributed by atoms with van der Waals surface area (Å²) >= 11 is 0. The average Bonchev–Trinajstić information content (AvgIpc) is 2.33. The number of benzene rings is 1. The van der Waals surface area contributed by atoms with E-state index >= 15 is 0 Å². The summed E-state index contributed by atoms with van der Waals surface area (Å²) in [6.07, 6.45) is 1.86. The Balaban J connectivity index is 1.56. The molecular formula is C14H21NO2. The highest BCUT2D eigenvalue weighted by Gasteiger charge is 2.38. The molecule has 1 fully saturated rings. The van der Waals surface area contributed by atoms with Crippen LogP contribution in [-0.2, 0) is 0 Å². The SMILES string of the molecule is CCC1(O)CN(CCCOc2ccccc2)C1. The maximum absolute atomic E-state index is 9.85. The largest absolute Gasteiger partial charge is 0.494 e.